The molecule has 4 saturated carbocycles. The molecule has 0 bridgehead atoms. The van der Waals surface area contributed by atoms with Gasteiger partial charge in [0, 0.05) is 33.1 Å². The van der Waals surface area contributed by atoms with Gasteiger partial charge in [0.05, 0.1) is 0 Å². The molecule has 0 amide bonds. The molecule has 0 heterocycles. The summed E-state index contributed by atoms with van der Waals surface area (Å²) in [6, 6.07) is 18.6. The van der Waals surface area contributed by atoms with E-state index in [4.69, 9.17) is 23.2 Å². The summed E-state index contributed by atoms with van der Waals surface area (Å²) in [5.41, 5.74) is 3.63. The number of likely N-dealkylation sites (N-methyl/N-ethyl adjacent to an activating group) is 1. The molecule has 2 nitrogen and oxygen atoms in total. The van der Waals surface area contributed by atoms with Crippen LogP contribution in [0.15, 0.2) is 48.5 Å². The zero-order chi connectivity index (χ0) is 27.3. The van der Waals surface area contributed by atoms with Gasteiger partial charge in [-0.05, 0) is 113 Å². The molecule has 4 aliphatic carbocycles. The van der Waals surface area contributed by atoms with Crippen LogP contribution in [0.5, 0.6) is 0 Å². The van der Waals surface area contributed by atoms with Crippen molar-refractivity contribution in [1.29, 1.82) is 0 Å². The van der Waals surface area contributed by atoms with Gasteiger partial charge in [-0.25, -0.2) is 0 Å². The summed E-state index contributed by atoms with van der Waals surface area (Å²) in [5, 5.41) is 5.39. The molecule has 0 aromatic heterocycles. The van der Waals surface area contributed by atoms with E-state index < -0.39 is 0 Å². The second kappa shape index (κ2) is 14.6. The van der Waals surface area contributed by atoms with Gasteiger partial charge in [-0.3, -0.25) is 4.90 Å². The van der Waals surface area contributed by atoms with Crippen molar-refractivity contribution in [3.63, 3.8) is 0 Å². The molecule has 6 rings (SSSR count). The van der Waals surface area contributed by atoms with E-state index in [1.807, 2.05) is 12.1 Å². The van der Waals surface area contributed by atoms with Gasteiger partial charge < -0.3 is 5.32 Å². The molecule has 0 aliphatic heterocycles. The summed E-state index contributed by atoms with van der Waals surface area (Å²) in [7, 11) is 4.51. The van der Waals surface area contributed by atoms with Crippen LogP contribution in [0.3, 0.4) is 0 Å². The van der Waals surface area contributed by atoms with E-state index in [1.54, 1.807) is 0 Å². The molecule has 0 radical (unpaired) electrons. The zero-order valence-corrected chi connectivity index (χ0v) is 27.1. The van der Waals surface area contributed by atoms with E-state index in [0.29, 0.717) is 17.0 Å². The predicted molar refractivity (Wildman–Crippen MR) is 175 cm³/mol. The Morgan fingerprint density at radius 3 is 1.57 bits per heavy atom. The lowest BCUT2D eigenvalue weighted by Crippen LogP contribution is -2.55. The predicted octanol–water partition coefficient (Wildman–Crippen LogP) is 10.3. The zero-order valence-electron chi connectivity index (χ0n) is 24.8. The van der Waals surface area contributed by atoms with E-state index in [-0.39, 0.29) is 12.4 Å². The molecule has 1 unspecified atom stereocenters. The molecule has 5 heteroatoms. The van der Waals surface area contributed by atoms with E-state index >= 15 is 0 Å². The number of rotatable bonds is 7. The van der Waals surface area contributed by atoms with Crippen LogP contribution >= 0.6 is 35.6 Å². The maximum Gasteiger partial charge on any atom is 0.0460 e. The molecule has 4 fully saturated rings. The van der Waals surface area contributed by atoms with Crippen LogP contribution in [0, 0.1) is 5.92 Å². The quantitative estimate of drug-likeness (QED) is 0.338. The number of halogens is 3. The third kappa shape index (κ3) is 6.73. The van der Waals surface area contributed by atoms with E-state index in [9.17, 15) is 0 Å². The molecular weight excluding hydrogens is 555 g/mol. The van der Waals surface area contributed by atoms with Crippen LogP contribution in [-0.4, -0.2) is 31.1 Å². The molecule has 4 aliphatic rings. The molecule has 0 saturated heterocycles. The Morgan fingerprint density at radius 2 is 1.15 bits per heavy atom. The van der Waals surface area contributed by atoms with Crippen LogP contribution in [-0.2, 0) is 11.0 Å². The Kier molecular flexibility index (Phi) is 11.7. The second-order valence-electron chi connectivity index (χ2n) is 13.0. The van der Waals surface area contributed by atoms with E-state index in [2.05, 4.69) is 60.7 Å². The molecule has 1 atom stereocenters. The van der Waals surface area contributed by atoms with Crippen molar-refractivity contribution in [2.45, 2.75) is 126 Å². The van der Waals surface area contributed by atoms with Crippen LogP contribution in [0.4, 0.5) is 0 Å². The van der Waals surface area contributed by atoms with Crippen LogP contribution < -0.4 is 5.32 Å². The summed E-state index contributed by atoms with van der Waals surface area (Å²) in [6.07, 6.45) is 22.1. The topological polar surface area (TPSA) is 15.3 Å². The monoisotopic (exact) mass is 604 g/mol. The molecule has 0 spiro atoms. The van der Waals surface area contributed by atoms with Crippen LogP contribution in [0.25, 0.3) is 0 Å². The number of nitrogens with zero attached hydrogens (tertiary/aromatic N) is 1. The summed E-state index contributed by atoms with van der Waals surface area (Å²) in [5.74, 6) is 0.852. The number of hydrogen-bond donors (Lipinski definition) is 1. The number of hydrogen-bond acceptors (Lipinski definition) is 2. The number of nitrogens with one attached hydrogen (secondary N) is 1. The maximum atomic E-state index is 6.07. The van der Waals surface area contributed by atoms with Crippen molar-refractivity contribution >= 4 is 35.6 Å². The smallest absolute Gasteiger partial charge is 0.0460 e. The molecular formula is C35H51Cl3N2. The van der Waals surface area contributed by atoms with Gasteiger partial charge in [-0.2, -0.15) is 0 Å². The van der Waals surface area contributed by atoms with Crippen LogP contribution in [0.1, 0.15) is 114 Å². The first-order chi connectivity index (χ1) is 19.0. The minimum absolute atomic E-state index is 0. The Labute approximate surface area is 260 Å². The SMILES string of the molecule is CN(C1CCCCC1)C1(c2ccc(Cl)cc2)CCC1.CNC(C1CCCCC1)C1(c2ccc(Cl)cc2)CCC1.Cl. The van der Waals surface area contributed by atoms with Crippen molar-refractivity contribution < 1.29 is 0 Å². The van der Waals surface area contributed by atoms with Gasteiger partial charge >= 0.3 is 0 Å². The first kappa shape index (κ1) is 32.2. The summed E-state index contributed by atoms with van der Waals surface area (Å²) in [4.78, 5) is 2.69. The van der Waals surface area contributed by atoms with Gasteiger partial charge in [0.2, 0.25) is 0 Å². The van der Waals surface area contributed by atoms with Crippen molar-refractivity contribution in [3.8, 4) is 0 Å². The Balaban J connectivity index is 0.000000181. The number of benzene rings is 2. The summed E-state index contributed by atoms with van der Waals surface area (Å²) < 4.78 is 0. The van der Waals surface area contributed by atoms with Crippen LogP contribution in [0.2, 0.25) is 10.0 Å². The molecule has 1 N–H and O–H groups in total. The van der Waals surface area contributed by atoms with Gasteiger partial charge in [0.25, 0.3) is 0 Å². The lowest BCUT2D eigenvalue weighted by molar-refractivity contribution is -0.0115. The highest BCUT2D eigenvalue weighted by atomic mass is 35.5. The average Bonchev–Trinajstić information content (AvgIpc) is 2.93. The van der Waals surface area contributed by atoms with E-state index in [0.717, 1.165) is 22.0 Å². The fourth-order valence-corrected chi connectivity index (χ4v) is 8.74. The normalized spacial score (nSPS) is 23.1. The molecule has 2 aromatic carbocycles. The minimum Gasteiger partial charge on any atom is -0.316 e. The van der Waals surface area contributed by atoms with Crippen molar-refractivity contribution in [1.82, 2.24) is 10.2 Å². The molecule has 222 valence electrons. The molecule has 2 aromatic rings. The second-order valence-corrected chi connectivity index (χ2v) is 13.8. The van der Waals surface area contributed by atoms with Crippen molar-refractivity contribution in [2.75, 3.05) is 14.1 Å². The fraction of sp³-hybridized carbons (Fsp3) is 0.657. The minimum atomic E-state index is 0. The van der Waals surface area contributed by atoms with E-state index in [1.165, 1.54) is 114 Å². The lowest BCUT2D eigenvalue weighted by atomic mass is 9.56. The first-order valence-corrected chi connectivity index (χ1v) is 16.7. The first-order valence-electron chi connectivity index (χ1n) is 15.9. The Bertz CT molecular complexity index is 1020. The summed E-state index contributed by atoms with van der Waals surface area (Å²) >= 11 is 12.1. The van der Waals surface area contributed by atoms with Crippen molar-refractivity contribution in [2.24, 2.45) is 5.92 Å². The Hall–Kier alpha value is -0.770. The third-order valence-corrected chi connectivity index (χ3v) is 11.6. The molecule has 40 heavy (non-hydrogen) atoms. The van der Waals surface area contributed by atoms with Gasteiger partial charge in [0.1, 0.15) is 0 Å². The van der Waals surface area contributed by atoms with Gasteiger partial charge in [0.15, 0.2) is 0 Å². The average molecular weight is 606 g/mol. The third-order valence-electron chi connectivity index (χ3n) is 11.1. The fourth-order valence-electron chi connectivity index (χ4n) is 8.48. The van der Waals surface area contributed by atoms with Gasteiger partial charge in [-0.15, -0.1) is 12.4 Å². The highest BCUT2D eigenvalue weighted by molar-refractivity contribution is 6.30. The highest BCUT2D eigenvalue weighted by Gasteiger charge is 2.48. The van der Waals surface area contributed by atoms with Gasteiger partial charge in [-0.1, -0.05) is 92.4 Å². The largest absolute Gasteiger partial charge is 0.316 e. The van der Waals surface area contributed by atoms with Crippen molar-refractivity contribution in [3.05, 3.63) is 69.7 Å². The Morgan fingerprint density at radius 1 is 0.675 bits per heavy atom. The standard InChI is InChI=1S/C18H26ClN.C17H24ClN.ClH/c1-20-17(14-6-3-2-4-7-14)18(12-5-13-18)15-8-10-16(19)11-9-15;1-19(16-6-3-2-4-7-16)17(12-5-13-17)14-8-10-15(18)11-9-14;/h8-11,14,17,20H,2-7,12-13H2,1H3;8-11,16H,2-7,12-13H2,1H3;1H. The maximum absolute atomic E-state index is 6.07. The summed E-state index contributed by atoms with van der Waals surface area (Å²) in [6.45, 7) is 0. The lowest BCUT2D eigenvalue weighted by Gasteiger charge is -2.53. The highest BCUT2D eigenvalue weighted by Crippen LogP contribution is 2.51.